The second kappa shape index (κ2) is 6.92. The Morgan fingerprint density at radius 3 is 2.56 bits per heavy atom. The zero-order valence-electron chi connectivity index (χ0n) is 15.1. The zero-order chi connectivity index (χ0) is 18.8. The predicted molar refractivity (Wildman–Crippen MR) is 105 cm³/mol. The Balaban J connectivity index is 1.65. The fourth-order valence-electron chi connectivity index (χ4n) is 3.03. The van der Waals surface area contributed by atoms with Crippen LogP contribution in [-0.4, -0.2) is 25.5 Å². The van der Waals surface area contributed by atoms with E-state index in [0.29, 0.717) is 11.4 Å². The molecule has 2 heterocycles. The SMILES string of the molecule is Cc1cc(NC(=O)c2cccc(-n3nccc3-c3ccccc3)c2)n(C)n1. The monoisotopic (exact) mass is 357 g/mol. The van der Waals surface area contributed by atoms with Crippen molar-refractivity contribution >= 4 is 11.7 Å². The van der Waals surface area contributed by atoms with E-state index in [0.717, 1.165) is 22.6 Å². The van der Waals surface area contributed by atoms with Crippen LogP contribution >= 0.6 is 0 Å². The fraction of sp³-hybridized carbons (Fsp3) is 0.0952. The fourth-order valence-corrected chi connectivity index (χ4v) is 3.03. The van der Waals surface area contributed by atoms with Crippen molar-refractivity contribution in [2.24, 2.45) is 7.05 Å². The summed E-state index contributed by atoms with van der Waals surface area (Å²) in [5.74, 6) is 0.472. The van der Waals surface area contributed by atoms with Gasteiger partial charge < -0.3 is 5.32 Å². The van der Waals surface area contributed by atoms with E-state index in [1.165, 1.54) is 0 Å². The van der Waals surface area contributed by atoms with Crippen LogP contribution < -0.4 is 5.32 Å². The Morgan fingerprint density at radius 2 is 1.81 bits per heavy atom. The predicted octanol–water partition coefficient (Wildman–Crippen LogP) is 3.83. The van der Waals surface area contributed by atoms with E-state index >= 15 is 0 Å². The average Bonchev–Trinajstić information content (AvgIpc) is 3.29. The number of anilines is 1. The van der Waals surface area contributed by atoms with Crippen molar-refractivity contribution in [2.75, 3.05) is 5.32 Å². The van der Waals surface area contributed by atoms with Crippen LogP contribution in [0, 0.1) is 6.92 Å². The second-order valence-corrected chi connectivity index (χ2v) is 6.29. The third kappa shape index (κ3) is 3.37. The van der Waals surface area contributed by atoms with Crippen molar-refractivity contribution in [1.29, 1.82) is 0 Å². The third-order valence-corrected chi connectivity index (χ3v) is 4.31. The molecular formula is C21H19N5O. The number of carbonyl (C=O) groups is 1. The number of benzene rings is 2. The van der Waals surface area contributed by atoms with Gasteiger partial charge in [0.1, 0.15) is 5.82 Å². The maximum Gasteiger partial charge on any atom is 0.256 e. The first-order chi connectivity index (χ1) is 13.1. The molecule has 0 saturated heterocycles. The highest BCUT2D eigenvalue weighted by atomic mass is 16.1. The molecule has 0 unspecified atom stereocenters. The van der Waals surface area contributed by atoms with E-state index in [2.05, 4.69) is 15.5 Å². The number of hydrogen-bond acceptors (Lipinski definition) is 3. The summed E-state index contributed by atoms with van der Waals surface area (Å²) < 4.78 is 3.48. The summed E-state index contributed by atoms with van der Waals surface area (Å²) in [7, 11) is 1.80. The van der Waals surface area contributed by atoms with E-state index < -0.39 is 0 Å². The summed E-state index contributed by atoms with van der Waals surface area (Å²) in [6.45, 7) is 1.89. The molecule has 6 nitrogen and oxygen atoms in total. The number of aryl methyl sites for hydroxylation is 2. The third-order valence-electron chi connectivity index (χ3n) is 4.31. The molecule has 2 aromatic heterocycles. The van der Waals surface area contributed by atoms with Crippen LogP contribution in [0.2, 0.25) is 0 Å². The Labute approximate surface area is 157 Å². The molecule has 0 saturated carbocycles. The van der Waals surface area contributed by atoms with Gasteiger partial charge in [0.15, 0.2) is 0 Å². The smallest absolute Gasteiger partial charge is 0.256 e. The number of nitrogens with one attached hydrogen (secondary N) is 1. The van der Waals surface area contributed by atoms with Crippen molar-refractivity contribution in [3.63, 3.8) is 0 Å². The van der Waals surface area contributed by atoms with Gasteiger partial charge in [-0.05, 0) is 31.2 Å². The first-order valence-corrected chi connectivity index (χ1v) is 8.64. The molecule has 27 heavy (non-hydrogen) atoms. The van der Waals surface area contributed by atoms with Crippen molar-refractivity contribution < 1.29 is 4.79 Å². The second-order valence-electron chi connectivity index (χ2n) is 6.29. The highest BCUT2D eigenvalue weighted by Crippen LogP contribution is 2.22. The number of nitrogens with zero attached hydrogens (tertiary/aromatic N) is 4. The van der Waals surface area contributed by atoms with Gasteiger partial charge in [0.2, 0.25) is 0 Å². The molecule has 1 N–H and O–H groups in total. The van der Waals surface area contributed by atoms with Gasteiger partial charge in [-0.2, -0.15) is 10.2 Å². The van der Waals surface area contributed by atoms with Crippen LogP contribution in [0.3, 0.4) is 0 Å². The largest absolute Gasteiger partial charge is 0.307 e. The van der Waals surface area contributed by atoms with E-state index in [-0.39, 0.29) is 5.91 Å². The lowest BCUT2D eigenvalue weighted by molar-refractivity contribution is 0.102. The summed E-state index contributed by atoms with van der Waals surface area (Å²) in [6, 6.07) is 21.2. The van der Waals surface area contributed by atoms with E-state index in [4.69, 9.17) is 0 Å². The minimum absolute atomic E-state index is 0.187. The summed E-state index contributed by atoms with van der Waals surface area (Å²) in [4.78, 5) is 12.7. The van der Waals surface area contributed by atoms with Crippen molar-refractivity contribution in [3.8, 4) is 16.9 Å². The number of carbonyl (C=O) groups excluding carboxylic acids is 1. The lowest BCUT2D eigenvalue weighted by atomic mass is 10.1. The molecule has 6 heteroatoms. The number of aromatic nitrogens is 4. The minimum atomic E-state index is -0.187. The number of amides is 1. The Bertz CT molecular complexity index is 1090. The standard InChI is InChI=1S/C21H19N5O/c1-15-13-20(25(2)24-15)23-21(27)17-9-6-10-18(14-17)26-19(11-12-22-26)16-7-4-3-5-8-16/h3-14H,1-2H3,(H,23,27). The molecule has 134 valence electrons. The molecule has 1 amide bonds. The van der Waals surface area contributed by atoms with Crippen molar-refractivity contribution in [2.45, 2.75) is 6.92 Å². The molecule has 0 aliphatic heterocycles. The van der Waals surface area contributed by atoms with Gasteiger partial charge in [-0.3, -0.25) is 9.48 Å². The van der Waals surface area contributed by atoms with Crippen LogP contribution in [0.15, 0.2) is 72.9 Å². The molecule has 0 bridgehead atoms. The lowest BCUT2D eigenvalue weighted by Crippen LogP contribution is -2.15. The van der Waals surface area contributed by atoms with Crippen molar-refractivity contribution in [3.05, 3.63) is 84.2 Å². The topological polar surface area (TPSA) is 64.7 Å². The van der Waals surface area contributed by atoms with Gasteiger partial charge in [0.25, 0.3) is 5.91 Å². The van der Waals surface area contributed by atoms with Gasteiger partial charge in [0, 0.05) is 24.2 Å². The van der Waals surface area contributed by atoms with Crippen LogP contribution in [0.25, 0.3) is 16.9 Å². The Kier molecular flexibility index (Phi) is 4.30. The maximum absolute atomic E-state index is 12.7. The highest BCUT2D eigenvalue weighted by molar-refractivity contribution is 6.04. The zero-order valence-corrected chi connectivity index (χ0v) is 15.1. The molecule has 0 aliphatic rings. The van der Waals surface area contributed by atoms with E-state index in [1.807, 2.05) is 72.3 Å². The molecule has 4 aromatic rings. The minimum Gasteiger partial charge on any atom is -0.307 e. The Morgan fingerprint density at radius 1 is 1.00 bits per heavy atom. The molecule has 0 fully saturated rings. The first-order valence-electron chi connectivity index (χ1n) is 8.64. The molecule has 0 radical (unpaired) electrons. The normalized spacial score (nSPS) is 10.7. The summed E-state index contributed by atoms with van der Waals surface area (Å²) >= 11 is 0. The van der Waals surface area contributed by atoms with Crippen LogP contribution in [0.5, 0.6) is 0 Å². The van der Waals surface area contributed by atoms with Crippen molar-refractivity contribution in [1.82, 2.24) is 19.6 Å². The van der Waals surface area contributed by atoms with E-state index in [1.54, 1.807) is 24.0 Å². The highest BCUT2D eigenvalue weighted by Gasteiger charge is 2.12. The lowest BCUT2D eigenvalue weighted by Gasteiger charge is -2.10. The van der Waals surface area contributed by atoms with Gasteiger partial charge in [-0.1, -0.05) is 36.4 Å². The molecule has 0 spiro atoms. The van der Waals surface area contributed by atoms with Crippen LogP contribution in [-0.2, 0) is 7.05 Å². The summed E-state index contributed by atoms with van der Waals surface area (Å²) in [5, 5.41) is 11.6. The molecule has 4 rings (SSSR count). The molecule has 0 atom stereocenters. The maximum atomic E-state index is 12.7. The summed E-state index contributed by atoms with van der Waals surface area (Å²) in [6.07, 6.45) is 1.76. The number of hydrogen-bond donors (Lipinski definition) is 1. The van der Waals surface area contributed by atoms with Gasteiger partial charge in [0.05, 0.1) is 23.3 Å². The number of rotatable bonds is 4. The van der Waals surface area contributed by atoms with E-state index in [9.17, 15) is 4.79 Å². The van der Waals surface area contributed by atoms with Gasteiger partial charge >= 0.3 is 0 Å². The van der Waals surface area contributed by atoms with Gasteiger partial charge in [-0.15, -0.1) is 0 Å². The summed E-state index contributed by atoms with van der Waals surface area (Å²) in [5.41, 5.74) is 4.27. The molecule has 2 aromatic carbocycles. The molecular weight excluding hydrogens is 338 g/mol. The van der Waals surface area contributed by atoms with Gasteiger partial charge in [-0.25, -0.2) is 4.68 Å². The van der Waals surface area contributed by atoms with Crippen LogP contribution in [0.4, 0.5) is 5.82 Å². The van der Waals surface area contributed by atoms with Crippen LogP contribution in [0.1, 0.15) is 16.1 Å². The Hall–Kier alpha value is -3.67. The first kappa shape index (κ1) is 16.8. The average molecular weight is 357 g/mol. The molecule has 0 aliphatic carbocycles. The quantitative estimate of drug-likeness (QED) is 0.604.